The van der Waals surface area contributed by atoms with Crippen LogP contribution in [0.25, 0.3) is 5.52 Å². The van der Waals surface area contributed by atoms with Gasteiger partial charge in [-0.2, -0.15) is 0 Å². The maximum atomic E-state index is 11.4. The summed E-state index contributed by atoms with van der Waals surface area (Å²) in [6.45, 7) is 0. The Bertz CT molecular complexity index is 676. The summed E-state index contributed by atoms with van der Waals surface area (Å²) in [7, 11) is -2.85. The smallest absolute Gasteiger partial charge is 0.150 e. The zero-order chi connectivity index (χ0) is 12.8. The fourth-order valence-electron chi connectivity index (χ4n) is 2.48. The van der Waals surface area contributed by atoms with Gasteiger partial charge in [-0.1, -0.05) is 0 Å². The van der Waals surface area contributed by atoms with Crippen molar-refractivity contribution in [1.29, 1.82) is 0 Å². The maximum absolute atomic E-state index is 11.4. The molecule has 0 spiro atoms. The maximum Gasteiger partial charge on any atom is 0.150 e. The van der Waals surface area contributed by atoms with E-state index in [4.69, 9.17) is 0 Å². The number of aromatic nitrogens is 2. The molecule has 1 N–H and O–H groups in total. The molecule has 2 aromatic rings. The van der Waals surface area contributed by atoms with Gasteiger partial charge in [0.25, 0.3) is 0 Å². The number of imidazole rings is 1. The molecule has 5 nitrogen and oxygen atoms in total. The van der Waals surface area contributed by atoms with Crippen molar-refractivity contribution >= 4 is 15.4 Å². The van der Waals surface area contributed by atoms with Crippen molar-refractivity contribution in [3.63, 3.8) is 0 Å². The van der Waals surface area contributed by atoms with E-state index in [1.165, 1.54) is 0 Å². The van der Waals surface area contributed by atoms with Crippen LogP contribution in [-0.2, 0) is 9.84 Å². The summed E-state index contributed by atoms with van der Waals surface area (Å²) in [5, 5.41) is 9.71. The van der Waals surface area contributed by atoms with Crippen LogP contribution in [-0.4, -0.2) is 34.4 Å². The first kappa shape index (κ1) is 11.5. The molecule has 0 saturated carbocycles. The lowest BCUT2D eigenvalue weighted by atomic mass is 10.0. The second-order valence-electron chi connectivity index (χ2n) is 4.69. The minimum Gasteiger partial charge on any atom is -0.506 e. The molecule has 0 unspecified atom stereocenters. The van der Waals surface area contributed by atoms with E-state index in [0.717, 1.165) is 5.82 Å². The number of sulfone groups is 1. The summed E-state index contributed by atoms with van der Waals surface area (Å²) in [6.07, 6.45) is 4.70. The SMILES string of the molecule is O=S1(=O)CCC(c2ncc3c(O)cccn23)CC1. The van der Waals surface area contributed by atoms with Gasteiger partial charge in [-0.15, -0.1) is 0 Å². The van der Waals surface area contributed by atoms with E-state index in [-0.39, 0.29) is 23.2 Å². The van der Waals surface area contributed by atoms with E-state index in [1.807, 2.05) is 10.6 Å². The van der Waals surface area contributed by atoms with Gasteiger partial charge in [-0.25, -0.2) is 13.4 Å². The number of hydrogen-bond donors (Lipinski definition) is 1. The lowest BCUT2D eigenvalue weighted by Crippen LogP contribution is -2.23. The molecule has 0 amide bonds. The van der Waals surface area contributed by atoms with Gasteiger partial charge < -0.3 is 9.51 Å². The van der Waals surface area contributed by atoms with Crippen molar-refractivity contribution in [1.82, 2.24) is 9.38 Å². The number of rotatable bonds is 1. The van der Waals surface area contributed by atoms with E-state index >= 15 is 0 Å². The predicted octanol–water partition coefficient (Wildman–Crippen LogP) is 1.33. The molecule has 96 valence electrons. The van der Waals surface area contributed by atoms with Crippen LogP contribution in [0.2, 0.25) is 0 Å². The van der Waals surface area contributed by atoms with Crippen molar-refractivity contribution in [2.45, 2.75) is 18.8 Å². The van der Waals surface area contributed by atoms with Gasteiger partial charge in [0, 0.05) is 12.1 Å². The first-order valence-electron chi connectivity index (χ1n) is 5.92. The van der Waals surface area contributed by atoms with Crippen molar-refractivity contribution < 1.29 is 13.5 Å². The van der Waals surface area contributed by atoms with Crippen LogP contribution in [0.4, 0.5) is 0 Å². The summed E-state index contributed by atoms with van der Waals surface area (Å²) in [5.41, 5.74) is 0.668. The molecule has 1 fully saturated rings. The molecule has 3 heterocycles. The van der Waals surface area contributed by atoms with Gasteiger partial charge in [0.15, 0.2) is 0 Å². The van der Waals surface area contributed by atoms with Crippen molar-refractivity contribution in [2.24, 2.45) is 0 Å². The Morgan fingerprint density at radius 2 is 2.06 bits per heavy atom. The lowest BCUT2D eigenvalue weighted by Gasteiger charge is -2.20. The second-order valence-corrected chi connectivity index (χ2v) is 6.99. The van der Waals surface area contributed by atoms with Crippen molar-refractivity contribution in [3.05, 3.63) is 30.4 Å². The van der Waals surface area contributed by atoms with Crippen LogP contribution >= 0.6 is 0 Å². The van der Waals surface area contributed by atoms with Gasteiger partial charge in [0.05, 0.1) is 17.7 Å². The first-order valence-corrected chi connectivity index (χ1v) is 7.74. The Kier molecular flexibility index (Phi) is 2.55. The predicted molar refractivity (Wildman–Crippen MR) is 67.5 cm³/mol. The number of hydrogen-bond acceptors (Lipinski definition) is 4. The molecule has 1 aliphatic rings. The normalized spacial score (nSPS) is 20.2. The lowest BCUT2D eigenvalue weighted by molar-refractivity contribution is 0.478. The molecular weight excluding hydrogens is 252 g/mol. The van der Waals surface area contributed by atoms with Crippen molar-refractivity contribution in [3.8, 4) is 5.75 Å². The molecule has 0 radical (unpaired) electrons. The monoisotopic (exact) mass is 266 g/mol. The zero-order valence-corrected chi connectivity index (χ0v) is 10.6. The van der Waals surface area contributed by atoms with E-state index in [9.17, 15) is 13.5 Å². The third-order valence-electron chi connectivity index (χ3n) is 3.50. The van der Waals surface area contributed by atoms with Gasteiger partial charge in [0.1, 0.15) is 26.9 Å². The second kappa shape index (κ2) is 3.98. The van der Waals surface area contributed by atoms with Gasteiger partial charge >= 0.3 is 0 Å². The van der Waals surface area contributed by atoms with Crippen LogP contribution in [0.5, 0.6) is 5.75 Å². The highest BCUT2D eigenvalue weighted by molar-refractivity contribution is 7.91. The summed E-state index contributed by atoms with van der Waals surface area (Å²) >= 11 is 0. The number of nitrogens with zero attached hydrogens (tertiary/aromatic N) is 2. The highest BCUT2D eigenvalue weighted by Gasteiger charge is 2.27. The molecule has 2 aromatic heterocycles. The number of pyridine rings is 1. The number of aromatic hydroxyl groups is 1. The molecule has 0 atom stereocenters. The topological polar surface area (TPSA) is 71.7 Å². The quantitative estimate of drug-likeness (QED) is 0.845. The van der Waals surface area contributed by atoms with Crippen LogP contribution in [0.1, 0.15) is 24.6 Å². The highest BCUT2D eigenvalue weighted by atomic mass is 32.2. The molecule has 0 aromatic carbocycles. The van der Waals surface area contributed by atoms with E-state index in [0.29, 0.717) is 18.4 Å². The largest absolute Gasteiger partial charge is 0.506 e. The Morgan fingerprint density at radius 3 is 2.78 bits per heavy atom. The molecular formula is C12H14N2O3S. The molecule has 1 saturated heterocycles. The third-order valence-corrected chi connectivity index (χ3v) is 5.21. The van der Waals surface area contributed by atoms with E-state index in [1.54, 1.807) is 18.3 Å². The zero-order valence-electron chi connectivity index (χ0n) is 9.78. The van der Waals surface area contributed by atoms with Crippen LogP contribution < -0.4 is 0 Å². The average Bonchev–Trinajstić information content (AvgIpc) is 2.74. The molecule has 0 aliphatic carbocycles. The molecule has 18 heavy (non-hydrogen) atoms. The molecule has 1 aliphatic heterocycles. The Hall–Kier alpha value is -1.56. The van der Waals surface area contributed by atoms with Crippen LogP contribution in [0, 0.1) is 0 Å². The summed E-state index contributed by atoms with van der Waals surface area (Å²) in [5.74, 6) is 1.64. The summed E-state index contributed by atoms with van der Waals surface area (Å²) in [4.78, 5) is 4.34. The van der Waals surface area contributed by atoms with Crippen LogP contribution in [0.3, 0.4) is 0 Å². The van der Waals surface area contributed by atoms with Crippen molar-refractivity contribution in [2.75, 3.05) is 11.5 Å². The molecule has 0 bridgehead atoms. The fraction of sp³-hybridized carbons (Fsp3) is 0.417. The Balaban J connectivity index is 1.99. The van der Waals surface area contributed by atoms with Gasteiger partial charge in [0.2, 0.25) is 0 Å². The average molecular weight is 266 g/mol. The van der Waals surface area contributed by atoms with Gasteiger partial charge in [-0.05, 0) is 25.0 Å². The Morgan fingerprint density at radius 1 is 1.33 bits per heavy atom. The summed E-state index contributed by atoms with van der Waals surface area (Å²) in [6, 6.07) is 3.37. The minimum absolute atomic E-state index is 0.151. The van der Waals surface area contributed by atoms with E-state index in [2.05, 4.69) is 4.98 Å². The molecule has 6 heteroatoms. The van der Waals surface area contributed by atoms with Crippen LogP contribution in [0.15, 0.2) is 24.5 Å². The first-order chi connectivity index (χ1) is 8.57. The highest BCUT2D eigenvalue weighted by Crippen LogP contribution is 2.30. The van der Waals surface area contributed by atoms with E-state index < -0.39 is 9.84 Å². The standard InChI is InChI=1S/C12H14N2O3S/c15-11-2-1-5-14-10(11)8-13-12(14)9-3-6-18(16,17)7-4-9/h1-2,5,8-9,15H,3-4,6-7H2. The van der Waals surface area contributed by atoms with Gasteiger partial charge in [-0.3, -0.25) is 0 Å². The Labute approximate surface area is 105 Å². The number of fused-ring (bicyclic) bond motifs is 1. The third kappa shape index (κ3) is 1.86. The minimum atomic E-state index is -2.85. The molecule has 3 rings (SSSR count). The fourth-order valence-corrected chi connectivity index (χ4v) is 3.97. The summed E-state index contributed by atoms with van der Waals surface area (Å²) < 4.78 is 24.7.